The molecule has 0 radical (unpaired) electrons. The zero-order chi connectivity index (χ0) is 17.2. The number of fused-ring (bicyclic) bond motifs is 1. The largest absolute Gasteiger partial charge is 0.328 e. The molecule has 2 aromatic carbocycles. The summed E-state index contributed by atoms with van der Waals surface area (Å²) in [7, 11) is 0. The summed E-state index contributed by atoms with van der Waals surface area (Å²) in [6.45, 7) is 3.09. The molecule has 4 heteroatoms. The Hall–Kier alpha value is -2.62. The van der Waals surface area contributed by atoms with Gasteiger partial charge in [0.1, 0.15) is 5.82 Å². The van der Waals surface area contributed by atoms with Crippen molar-refractivity contribution in [2.45, 2.75) is 39.2 Å². The van der Waals surface area contributed by atoms with Crippen LogP contribution in [0.3, 0.4) is 0 Å². The molecule has 1 fully saturated rings. The second-order valence-corrected chi connectivity index (χ2v) is 6.72. The lowest BCUT2D eigenvalue weighted by Gasteiger charge is -2.08. The number of rotatable bonds is 6. The van der Waals surface area contributed by atoms with Crippen molar-refractivity contribution in [1.82, 2.24) is 9.55 Å². The zero-order valence-corrected chi connectivity index (χ0v) is 14.5. The van der Waals surface area contributed by atoms with E-state index in [0.717, 1.165) is 49.3 Å². The molecule has 1 aliphatic rings. The van der Waals surface area contributed by atoms with Crippen LogP contribution in [0.2, 0.25) is 0 Å². The SMILES string of the molecule is CCn1c(CCc2ccc(NC(=O)C3CC3)cc2)nc2ccccc21. The number of hydrogen-bond donors (Lipinski definition) is 1. The maximum atomic E-state index is 11.8. The smallest absolute Gasteiger partial charge is 0.227 e. The standard InChI is InChI=1S/C21H23N3O/c1-2-24-19-6-4-3-5-18(19)23-20(24)14-9-15-7-12-17(13-8-15)22-21(25)16-10-11-16/h3-8,12-13,16H,2,9-11,14H2,1H3,(H,22,25). The fourth-order valence-electron chi connectivity index (χ4n) is 3.27. The first kappa shape index (κ1) is 15.9. The number of anilines is 1. The van der Waals surface area contributed by atoms with Gasteiger partial charge in [0.2, 0.25) is 5.91 Å². The summed E-state index contributed by atoms with van der Waals surface area (Å²) in [4.78, 5) is 16.6. The summed E-state index contributed by atoms with van der Waals surface area (Å²) in [5.41, 5.74) is 4.43. The topological polar surface area (TPSA) is 46.9 Å². The minimum Gasteiger partial charge on any atom is -0.328 e. The maximum Gasteiger partial charge on any atom is 0.227 e. The quantitative estimate of drug-likeness (QED) is 0.735. The number of nitrogens with zero attached hydrogens (tertiary/aromatic N) is 2. The fraction of sp³-hybridized carbons (Fsp3) is 0.333. The Balaban J connectivity index is 1.43. The zero-order valence-electron chi connectivity index (χ0n) is 14.5. The molecule has 1 aromatic heterocycles. The Kier molecular flexibility index (Phi) is 4.26. The predicted octanol–water partition coefficient (Wildman–Crippen LogP) is 4.19. The van der Waals surface area contributed by atoms with Gasteiger partial charge >= 0.3 is 0 Å². The van der Waals surface area contributed by atoms with Gasteiger partial charge in [-0.15, -0.1) is 0 Å². The molecule has 128 valence electrons. The van der Waals surface area contributed by atoms with E-state index in [2.05, 4.69) is 47.1 Å². The monoisotopic (exact) mass is 333 g/mol. The van der Waals surface area contributed by atoms with Gasteiger partial charge in [0.25, 0.3) is 0 Å². The van der Waals surface area contributed by atoms with Crippen LogP contribution in [0, 0.1) is 5.92 Å². The van der Waals surface area contributed by atoms with Crippen molar-refractivity contribution in [3.8, 4) is 0 Å². The molecule has 1 amide bonds. The number of carbonyl (C=O) groups is 1. The molecule has 3 aromatic rings. The number of nitrogens with one attached hydrogen (secondary N) is 1. The van der Waals surface area contributed by atoms with E-state index in [4.69, 9.17) is 4.98 Å². The highest BCUT2D eigenvalue weighted by atomic mass is 16.2. The van der Waals surface area contributed by atoms with Crippen LogP contribution in [0.15, 0.2) is 48.5 Å². The summed E-state index contributed by atoms with van der Waals surface area (Å²) in [5, 5.41) is 2.99. The molecular weight excluding hydrogens is 310 g/mol. The van der Waals surface area contributed by atoms with Crippen LogP contribution in [-0.2, 0) is 24.2 Å². The molecule has 0 bridgehead atoms. The van der Waals surface area contributed by atoms with Crippen LogP contribution >= 0.6 is 0 Å². The molecule has 0 atom stereocenters. The van der Waals surface area contributed by atoms with E-state index >= 15 is 0 Å². The molecular formula is C21H23N3O. The number of imidazole rings is 1. The summed E-state index contributed by atoms with van der Waals surface area (Å²) in [6, 6.07) is 16.5. The normalized spacial score (nSPS) is 14.0. The number of carbonyl (C=O) groups excluding carboxylic acids is 1. The first-order valence-corrected chi connectivity index (χ1v) is 9.08. The van der Waals surface area contributed by atoms with Crippen molar-refractivity contribution in [1.29, 1.82) is 0 Å². The second kappa shape index (κ2) is 6.71. The minimum atomic E-state index is 0.157. The first-order chi connectivity index (χ1) is 12.2. The molecule has 1 saturated carbocycles. The molecule has 0 unspecified atom stereocenters. The minimum absolute atomic E-state index is 0.157. The molecule has 0 aliphatic heterocycles. The Morgan fingerprint density at radius 3 is 2.60 bits per heavy atom. The molecule has 1 N–H and O–H groups in total. The average molecular weight is 333 g/mol. The van der Waals surface area contributed by atoms with Crippen LogP contribution in [0.4, 0.5) is 5.69 Å². The Morgan fingerprint density at radius 1 is 1.12 bits per heavy atom. The number of amides is 1. The van der Waals surface area contributed by atoms with Crippen LogP contribution in [-0.4, -0.2) is 15.5 Å². The summed E-state index contributed by atoms with van der Waals surface area (Å²) < 4.78 is 2.29. The van der Waals surface area contributed by atoms with E-state index in [0.29, 0.717) is 0 Å². The molecule has 0 spiro atoms. The predicted molar refractivity (Wildman–Crippen MR) is 101 cm³/mol. The van der Waals surface area contributed by atoms with Gasteiger partial charge in [-0.25, -0.2) is 4.98 Å². The molecule has 0 saturated heterocycles. The first-order valence-electron chi connectivity index (χ1n) is 9.08. The number of para-hydroxylation sites is 2. The van der Waals surface area contributed by atoms with Gasteiger partial charge in [0.05, 0.1) is 11.0 Å². The third-order valence-corrected chi connectivity index (χ3v) is 4.86. The van der Waals surface area contributed by atoms with Gasteiger partial charge in [0, 0.05) is 24.6 Å². The third kappa shape index (κ3) is 3.43. The Bertz CT molecular complexity index is 891. The molecule has 4 rings (SSSR count). The lowest BCUT2D eigenvalue weighted by molar-refractivity contribution is -0.117. The number of benzene rings is 2. The third-order valence-electron chi connectivity index (χ3n) is 4.86. The number of aromatic nitrogens is 2. The second-order valence-electron chi connectivity index (χ2n) is 6.72. The van der Waals surface area contributed by atoms with Crippen molar-refractivity contribution in [2.24, 2.45) is 5.92 Å². The van der Waals surface area contributed by atoms with Crippen molar-refractivity contribution in [3.63, 3.8) is 0 Å². The van der Waals surface area contributed by atoms with Crippen LogP contribution in [0.1, 0.15) is 31.2 Å². The molecule has 1 aliphatic carbocycles. The van der Waals surface area contributed by atoms with Gasteiger partial charge in [-0.1, -0.05) is 24.3 Å². The fourth-order valence-corrected chi connectivity index (χ4v) is 3.27. The lowest BCUT2D eigenvalue weighted by Crippen LogP contribution is -2.13. The van der Waals surface area contributed by atoms with Crippen molar-refractivity contribution in [2.75, 3.05) is 5.32 Å². The Labute approximate surface area is 147 Å². The maximum absolute atomic E-state index is 11.8. The van der Waals surface area contributed by atoms with Crippen molar-refractivity contribution >= 4 is 22.6 Å². The highest BCUT2D eigenvalue weighted by Gasteiger charge is 2.29. The van der Waals surface area contributed by atoms with E-state index < -0.39 is 0 Å². The van der Waals surface area contributed by atoms with Crippen LogP contribution in [0.25, 0.3) is 11.0 Å². The lowest BCUT2D eigenvalue weighted by atomic mass is 10.1. The highest BCUT2D eigenvalue weighted by Crippen LogP contribution is 2.30. The number of aryl methyl sites for hydroxylation is 3. The van der Waals surface area contributed by atoms with Crippen LogP contribution < -0.4 is 5.32 Å². The van der Waals surface area contributed by atoms with Crippen LogP contribution in [0.5, 0.6) is 0 Å². The summed E-state index contributed by atoms with van der Waals surface area (Å²) >= 11 is 0. The van der Waals surface area contributed by atoms with Gasteiger partial charge in [-0.05, 0) is 56.0 Å². The highest BCUT2D eigenvalue weighted by molar-refractivity contribution is 5.94. The van der Waals surface area contributed by atoms with Gasteiger partial charge < -0.3 is 9.88 Å². The van der Waals surface area contributed by atoms with Crippen molar-refractivity contribution in [3.05, 3.63) is 59.9 Å². The van der Waals surface area contributed by atoms with E-state index in [1.165, 1.54) is 11.1 Å². The number of hydrogen-bond acceptors (Lipinski definition) is 2. The van der Waals surface area contributed by atoms with E-state index in [1.54, 1.807) is 0 Å². The average Bonchev–Trinajstić information content (AvgIpc) is 3.42. The Morgan fingerprint density at radius 2 is 1.88 bits per heavy atom. The van der Waals surface area contributed by atoms with E-state index in [-0.39, 0.29) is 11.8 Å². The van der Waals surface area contributed by atoms with Gasteiger partial charge in [0.15, 0.2) is 0 Å². The van der Waals surface area contributed by atoms with Gasteiger partial charge in [-0.2, -0.15) is 0 Å². The molecule has 25 heavy (non-hydrogen) atoms. The summed E-state index contributed by atoms with van der Waals surface area (Å²) in [5.74, 6) is 1.53. The van der Waals surface area contributed by atoms with E-state index in [1.807, 2.05) is 18.2 Å². The molecule has 1 heterocycles. The summed E-state index contributed by atoms with van der Waals surface area (Å²) in [6.07, 6.45) is 3.92. The van der Waals surface area contributed by atoms with E-state index in [9.17, 15) is 4.79 Å². The van der Waals surface area contributed by atoms with Gasteiger partial charge in [-0.3, -0.25) is 4.79 Å². The van der Waals surface area contributed by atoms with Crippen molar-refractivity contribution < 1.29 is 4.79 Å². The molecule has 4 nitrogen and oxygen atoms in total.